The van der Waals surface area contributed by atoms with E-state index in [4.69, 9.17) is 9.84 Å². The van der Waals surface area contributed by atoms with E-state index < -0.39 is 5.97 Å². The minimum atomic E-state index is -0.780. The van der Waals surface area contributed by atoms with E-state index in [0.717, 1.165) is 16.9 Å². The van der Waals surface area contributed by atoms with Crippen LogP contribution >= 0.6 is 15.9 Å². The Kier molecular flexibility index (Phi) is 5.66. The number of carboxylic acids is 1. The van der Waals surface area contributed by atoms with Crippen molar-refractivity contribution >= 4 is 21.9 Å². The molecular formula is C14H19BrO3. The Morgan fingerprint density at radius 2 is 2.06 bits per heavy atom. The second-order valence-electron chi connectivity index (χ2n) is 4.38. The maximum atomic E-state index is 10.6. The van der Waals surface area contributed by atoms with Gasteiger partial charge in [0.05, 0.1) is 13.0 Å². The molecule has 1 aromatic rings. The van der Waals surface area contributed by atoms with Crippen LogP contribution in [-0.4, -0.2) is 22.5 Å². The highest BCUT2D eigenvalue weighted by molar-refractivity contribution is 9.09. The predicted octanol–water partition coefficient (Wildman–Crippen LogP) is 3.48. The molecule has 0 aromatic heterocycles. The van der Waals surface area contributed by atoms with Crippen LogP contribution in [0.1, 0.15) is 30.0 Å². The Morgan fingerprint density at radius 3 is 2.61 bits per heavy atom. The third-order valence-corrected chi connectivity index (χ3v) is 3.42. The van der Waals surface area contributed by atoms with E-state index in [-0.39, 0.29) is 11.2 Å². The van der Waals surface area contributed by atoms with Crippen LogP contribution in [0.25, 0.3) is 0 Å². The summed E-state index contributed by atoms with van der Waals surface area (Å²) in [6.45, 7) is 6.65. The number of aryl methyl sites for hydroxylation is 2. The summed E-state index contributed by atoms with van der Waals surface area (Å²) in [5.41, 5.74) is 3.39. The average Bonchev–Trinajstić information content (AvgIpc) is 2.24. The SMILES string of the molecule is CCOc1cc(C)c(CC(Br)CC(=O)O)cc1C. The summed E-state index contributed by atoms with van der Waals surface area (Å²) in [7, 11) is 0. The Labute approximate surface area is 116 Å². The van der Waals surface area contributed by atoms with Crippen LogP contribution in [0.3, 0.4) is 0 Å². The van der Waals surface area contributed by atoms with Gasteiger partial charge in [0.2, 0.25) is 0 Å². The molecule has 0 heterocycles. The van der Waals surface area contributed by atoms with Crippen molar-refractivity contribution in [2.45, 2.75) is 38.4 Å². The zero-order chi connectivity index (χ0) is 13.7. The molecule has 1 N–H and O–H groups in total. The lowest BCUT2D eigenvalue weighted by Crippen LogP contribution is -2.10. The van der Waals surface area contributed by atoms with E-state index in [1.165, 1.54) is 5.56 Å². The first kappa shape index (κ1) is 15.0. The van der Waals surface area contributed by atoms with Crippen molar-refractivity contribution in [2.24, 2.45) is 0 Å². The van der Waals surface area contributed by atoms with Crippen LogP contribution in [0.5, 0.6) is 5.75 Å². The van der Waals surface area contributed by atoms with E-state index in [1.54, 1.807) is 0 Å². The third-order valence-electron chi connectivity index (χ3n) is 2.77. The minimum absolute atomic E-state index is 0.0361. The van der Waals surface area contributed by atoms with Crippen molar-refractivity contribution in [3.05, 3.63) is 28.8 Å². The summed E-state index contributed by atoms with van der Waals surface area (Å²) in [6, 6.07) is 4.10. The Balaban J connectivity index is 2.84. The number of carbonyl (C=O) groups is 1. The molecule has 0 fully saturated rings. The van der Waals surface area contributed by atoms with Crippen molar-refractivity contribution < 1.29 is 14.6 Å². The van der Waals surface area contributed by atoms with Crippen molar-refractivity contribution in [1.29, 1.82) is 0 Å². The molecule has 4 heteroatoms. The van der Waals surface area contributed by atoms with Gasteiger partial charge >= 0.3 is 5.97 Å². The molecule has 1 aromatic carbocycles. The molecule has 1 rings (SSSR count). The number of carboxylic acid groups (broad SMARTS) is 1. The van der Waals surface area contributed by atoms with E-state index >= 15 is 0 Å². The second-order valence-corrected chi connectivity index (χ2v) is 5.67. The second kappa shape index (κ2) is 6.78. The fourth-order valence-corrected chi connectivity index (χ4v) is 2.51. The summed E-state index contributed by atoms with van der Waals surface area (Å²) in [4.78, 5) is 10.6. The van der Waals surface area contributed by atoms with Crippen LogP contribution in [0.4, 0.5) is 0 Å². The highest BCUT2D eigenvalue weighted by atomic mass is 79.9. The van der Waals surface area contributed by atoms with Crippen LogP contribution in [0.2, 0.25) is 0 Å². The molecule has 0 saturated heterocycles. The van der Waals surface area contributed by atoms with Gasteiger partial charge in [-0.1, -0.05) is 22.0 Å². The molecule has 3 nitrogen and oxygen atoms in total. The number of aliphatic carboxylic acids is 1. The summed E-state index contributed by atoms with van der Waals surface area (Å²) in [5, 5.41) is 8.75. The van der Waals surface area contributed by atoms with E-state index in [0.29, 0.717) is 13.0 Å². The number of ether oxygens (including phenoxy) is 1. The van der Waals surface area contributed by atoms with Gasteiger partial charge in [-0.05, 0) is 49.9 Å². The first-order valence-electron chi connectivity index (χ1n) is 6.02. The molecule has 100 valence electrons. The van der Waals surface area contributed by atoms with Gasteiger partial charge in [-0.2, -0.15) is 0 Å². The zero-order valence-electron chi connectivity index (χ0n) is 11.0. The lowest BCUT2D eigenvalue weighted by atomic mass is 9.99. The zero-order valence-corrected chi connectivity index (χ0v) is 12.6. The number of rotatable bonds is 6. The van der Waals surface area contributed by atoms with Crippen LogP contribution in [0.15, 0.2) is 12.1 Å². The van der Waals surface area contributed by atoms with Crippen LogP contribution < -0.4 is 4.74 Å². The van der Waals surface area contributed by atoms with Gasteiger partial charge in [-0.25, -0.2) is 0 Å². The molecule has 0 radical (unpaired) electrons. The van der Waals surface area contributed by atoms with Crippen LogP contribution in [-0.2, 0) is 11.2 Å². The molecule has 1 atom stereocenters. The first-order chi connectivity index (χ1) is 8.43. The normalized spacial score (nSPS) is 12.2. The molecule has 0 bridgehead atoms. The van der Waals surface area contributed by atoms with Crippen LogP contribution in [0, 0.1) is 13.8 Å². The predicted molar refractivity (Wildman–Crippen MR) is 75.8 cm³/mol. The quantitative estimate of drug-likeness (QED) is 0.818. The summed E-state index contributed by atoms with van der Waals surface area (Å²) in [6.07, 6.45) is 0.844. The maximum Gasteiger partial charge on any atom is 0.304 e. The number of alkyl halides is 1. The van der Waals surface area contributed by atoms with Gasteiger partial charge in [0.25, 0.3) is 0 Å². The number of hydrogen-bond acceptors (Lipinski definition) is 2. The molecular weight excluding hydrogens is 296 g/mol. The number of halogens is 1. The maximum absolute atomic E-state index is 10.6. The fourth-order valence-electron chi connectivity index (χ4n) is 1.88. The van der Waals surface area contributed by atoms with Gasteiger partial charge in [-0.3, -0.25) is 4.79 Å². The Morgan fingerprint density at radius 1 is 1.39 bits per heavy atom. The van der Waals surface area contributed by atoms with Gasteiger partial charge in [-0.15, -0.1) is 0 Å². The van der Waals surface area contributed by atoms with Gasteiger partial charge in [0.1, 0.15) is 5.75 Å². The van der Waals surface area contributed by atoms with Crippen molar-refractivity contribution in [3.63, 3.8) is 0 Å². The lowest BCUT2D eigenvalue weighted by molar-refractivity contribution is -0.136. The van der Waals surface area contributed by atoms with Gasteiger partial charge in [0, 0.05) is 4.83 Å². The molecule has 0 saturated carbocycles. The average molecular weight is 315 g/mol. The number of benzene rings is 1. The molecule has 0 aliphatic carbocycles. The smallest absolute Gasteiger partial charge is 0.304 e. The fraction of sp³-hybridized carbons (Fsp3) is 0.500. The monoisotopic (exact) mass is 314 g/mol. The molecule has 0 aliphatic rings. The molecule has 0 spiro atoms. The lowest BCUT2D eigenvalue weighted by Gasteiger charge is -2.14. The van der Waals surface area contributed by atoms with E-state index in [9.17, 15) is 4.79 Å². The van der Waals surface area contributed by atoms with Gasteiger partial charge < -0.3 is 9.84 Å². The van der Waals surface area contributed by atoms with E-state index in [1.807, 2.05) is 26.8 Å². The number of hydrogen-bond donors (Lipinski definition) is 1. The van der Waals surface area contributed by atoms with Crippen molar-refractivity contribution in [3.8, 4) is 5.75 Å². The molecule has 18 heavy (non-hydrogen) atoms. The molecule has 0 aliphatic heterocycles. The van der Waals surface area contributed by atoms with Crippen molar-refractivity contribution in [2.75, 3.05) is 6.61 Å². The summed E-state index contributed by atoms with van der Waals surface area (Å²) in [5.74, 6) is 0.125. The highest BCUT2D eigenvalue weighted by Gasteiger charge is 2.13. The largest absolute Gasteiger partial charge is 0.494 e. The third kappa shape index (κ3) is 4.33. The minimum Gasteiger partial charge on any atom is -0.494 e. The molecule has 1 unspecified atom stereocenters. The van der Waals surface area contributed by atoms with E-state index in [2.05, 4.69) is 22.0 Å². The summed E-state index contributed by atoms with van der Waals surface area (Å²) < 4.78 is 5.54. The highest BCUT2D eigenvalue weighted by Crippen LogP contribution is 2.25. The first-order valence-corrected chi connectivity index (χ1v) is 6.94. The Hall–Kier alpha value is -1.03. The Bertz CT molecular complexity index is 429. The summed E-state index contributed by atoms with van der Waals surface area (Å²) >= 11 is 3.41. The van der Waals surface area contributed by atoms with Crippen molar-refractivity contribution in [1.82, 2.24) is 0 Å². The topological polar surface area (TPSA) is 46.5 Å². The van der Waals surface area contributed by atoms with Gasteiger partial charge in [0.15, 0.2) is 0 Å². The molecule has 0 amide bonds. The standard InChI is InChI=1S/C14H19BrO3/c1-4-18-13-6-9(2)11(5-10(13)3)7-12(15)8-14(16)17/h5-6,12H,4,7-8H2,1-3H3,(H,16,17).